The minimum atomic E-state index is -0.198. The van der Waals surface area contributed by atoms with Crippen LogP contribution in [0.25, 0.3) is 0 Å². The highest BCUT2D eigenvalue weighted by Crippen LogP contribution is 2.44. The van der Waals surface area contributed by atoms with Crippen LogP contribution in [0.5, 0.6) is 0 Å². The Labute approximate surface area is 134 Å². The monoisotopic (exact) mass is 311 g/mol. The van der Waals surface area contributed by atoms with E-state index in [2.05, 4.69) is 10.6 Å². The van der Waals surface area contributed by atoms with E-state index in [1.807, 2.05) is 32.6 Å². The van der Waals surface area contributed by atoms with Crippen LogP contribution in [0, 0.1) is 11.8 Å². The molecule has 0 heterocycles. The Morgan fingerprint density at radius 3 is 2.48 bits per heavy atom. The third-order valence-electron chi connectivity index (χ3n) is 4.56. The second-order valence-electron chi connectivity index (χ2n) is 7.54. The quantitative estimate of drug-likeness (QED) is 0.782. The van der Waals surface area contributed by atoms with Crippen LogP contribution in [0.4, 0.5) is 0 Å². The van der Waals surface area contributed by atoms with Crippen molar-refractivity contribution in [2.45, 2.75) is 65.0 Å². The second kappa shape index (κ2) is 6.51. The van der Waals surface area contributed by atoms with E-state index in [-0.39, 0.29) is 11.4 Å². The fourth-order valence-corrected chi connectivity index (χ4v) is 3.97. The fourth-order valence-electron chi connectivity index (χ4n) is 3.63. The van der Waals surface area contributed by atoms with Crippen LogP contribution in [-0.4, -0.2) is 40.6 Å². The van der Waals surface area contributed by atoms with Gasteiger partial charge in [0, 0.05) is 18.1 Å². The van der Waals surface area contributed by atoms with Crippen molar-refractivity contribution in [3.05, 3.63) is 0 Å². The average Bonchev–Trinajstić information content (AvgIpc) is 2.95. The maximum absolute atomic E-state index is 12.1. The summed E-state index contributed by atoms with van der Waals surface area (Å²) in [7, 11) is 0. The Bertz CT molecular complexity index is 405. The fraction of sp³-hybridized carbons (Fsp3) is 0.875. The minimum Gasteiger partial charge on any atom is -0.360 e. The van der Waals surface area contributed by atoms with Crippen LogP contribution >= 0.6 is 12.2 Å². The first kappa shape index (κ1) is 16.5. The summed E-state index contributed by atoms with van der Waals surface area (Å²) in [5, 5.41) is 7.23. The van der Waals surface area contributed by atoms with Gasteiger partial charge in [-0.15, -0.1) is 0 Å². The maximum atomic E-state index is 12.1. The molecular weight excluding hydrogens is 282 g/mol. The van der Waals surface area contributed by atoms with E-state index in [1.165, 1.54) is 25.7 Å². The van der Waals surface area contributed by atoms with Gasteiger partial charge in [0.15, 0.2) is 5.11 Å². The van der Waals surface area contributed by atoms with Crippen LogP contribution < -0.4 is 10.6 Å². The predicted molar refractivity (Wildman–Crippen MR) is 90.1 cm³/mol. The lowest BCUT2D eigenvalue weighted by Gasteiger charge is -2.31. The van der Waals surface area contributed by atoms with Crippen LogP contribution in [-0.2, 0) is 4.79 Å². The molecule has 2 aliphatic carbocycles. The molecule has 1 amide bonds. The lowest BCUT2D eigenvalue weighted by atomic mass is 9.95. The number of hydrogen-bond acceptors (Lipinski definition) is 2. The zero-order valence-corrected chi connectivity index (χ0v) is 14.6. The van der Waals surface area contributed by atoms with Gasteiger partial charge in [0.1, 0.15) is 0 Å². The van der Waals surface area contributed by atoms with Crippen LogP contribution in [0.1, 0.15) is 53.4 Å². The van der Waals surface area contributed by atoms with E-state index in [1.54, 1.807) is 0 Å². The van der Waals surface area contributed by atoms with Gasteiger partial charge in [-0.05, 0) is 71.0 Å². The zero-order chi connectivity index (χ0) is 15.6. The Balaban J connectivity index is 1.82. The Morgan fingerprint density at radius 2 is 2.00 bits per heavy atom. The van der Waals surface area contributed by atoms with Gasteiger partial charge < -0.3 is 15.5 Å². The number of rotatable bonds is 4. The van der Waals surface area contributed by atoms with Crippen molar-refractivity contribution >= 4 is 23.2 Å². The van der Waals surface area contributed by atoms with Gasteiger partial charge in [0.2, 0.25) is 5.91 Å². The van der Waals surface area contributed by atoms with Gasteiger partial charge in [-0.1, -0.05) is 6.42 Å². The van der Waals surface area contributed by atoms with Crippen molar-refractivity contribution in [1.82, 2.24) is 15.5 Å². The molecule has 0 aromatic heterocycles. The highest BCUT2D eigenvalue weighted by atomic mass is 32.1. The number of nitrogens with one attached hydrogen (secondary N) is 2. The maximum Gasteiger partial charge on any atom is 0.240 e. The third kappa shape index (κ3) is 4.56. The second-order valence-corrected chi connectivity index (χ2v) is 7.93. The van der Waals surface area contributed by atoms with E-state index in [9.17, 15) is 4.79 Å². The Kier molecular flexibility index (Phi) is 5.12. The van der Waals surface area contributed by atoms with Crippen molar-refractivity contribution in [3.63, 3.8) is 0 Å². The molecule has 0 aliphatic heterocycles. The van der Waals surface area contributed by atoms with Crippen molar-refractivity contribution in [2.75, 3.05) is 13.1 Å². The SMILES string of the molecule is CCN(CC(=O)NC(C)(C)C)C(=S)N[C@H]1C[C@@H]2CC[C@@H]1C2. The van der Waals surface area contributed by atoms with Crippen LogP contribution in [0.15, 0.2) is 0 Å². The molecule has 5 heteroatoms. The van der Waals surface area contributed by atoms with Crippen LogP contribution in [0.2, 0.25) is 0 Å². The topological polar surface area (TPSA) is 44.4 Å². The molecule has 0 spiro atoms. The van der Waals surface area contributed by atoms with Gasteiger partial charge in [0.05, 0.1) is 6.54 Å². The summed E-state index contributed by atoms with van der Waals surface area (Å²) in [5.41, 5.74) is -0.198. The molecule has 2 rings (SSSR count). The summed E-state index contributed by atoms with van der Waals surface area (Å²) in [6, 6.07) is 0.524. The molecule has 0 aromatic carbocycles. The summed E-state index contributed by atoms with van der Waals surface area (Å²) in [4.78, 5) is 14.0. The first-order chi connectivity index (χ1) is 9.78. The lowest BCUT2D eigenvalue weighted by Crippen LogP contribution is -2.51. The van der Waals surface area contributed by atoms with E-state index in [4.69, 9.17) is 12.2 Å². The molecule has 2 saturated carbocycles. The third-order valence-corrected chi connectivity index (χ3v) is 4.94. The van der Waals surface area contributed by atoms with E-state index >= 15 is 0 Å². The summed E-state index contributed by atoms with van der Waals surface area (Å²) >= 11 is 5.52. The molecule has 2 aliphatic rings. The Hall–Kier alpha value is -0.840. The molecule has 2 bridgehead atoms. The van der Waals surface area contributed by atoms with Crippen molar-refractivity contribution in [2.24, 2.45) is 11.8 Å². The van der Waals surface area contributed by atoms with Gasteiger partial charge >= 0.3 is 0 Å². The molecule has 2 fully saturated rings. The largest absolute Gasteiger partial charge is 0.360 e. The van der Waals surface area contributed by atoms with Gasteiger partial charge in [-0.2, -0.15) is 0 Å². The molecule has 4 nitrogen and oxygen atoms in total. The number of carbonyl (C=O) groups excluding carboxylic acids is 1. The molecule has 0 radical (unpaired) electrons. The molecule has 3 atom stereocenters. The van der Waals surface area contributed by atoms with E-state index < -0.39 is 0 Å². The number of thiocarbonyl (C=S) groups is 1. The van der Waals surface area contributed by atoms with Crippen molar-refractivity contribution in [1.29, 1.82) is 0 Å². The number of hydrogen-bond donors (Lipinski definition) is 2. The lowest BCUT2D eigenvalue weighted by molar-refractivity contribution is -0.122. The van der Waals surface area contributed by atoms with Crippen molar-refractivity contribution < 1.29 is 4.79 Å². The molecule has 0 aromatic rings. The first-order valence-corrected chi connectivity index (χ1v) is 8.55. The van der Waals surface area contributed by atoms with Crippen molar-refractivity contribution in [3.8, 4) is 0 Å². The van der Waals surface area contributed by atoms with E-state index in [0.717, 1.165) is 23.5 Å². The number of nitrogens with zero attached hydrogens (tertiary/aromatic N) is 1. The van der Waals surface area contributed by atoms with E-state index in [0.29, 0.717) is 12.6 Å². The summed E-state index contributed by atoms with van der Waals surface area (Å²) in [5.74, 6) is 1.71. The normalized spacial score (nSPS) is 27.5. The van der Waals surface area contributed by atoms with Gasteiger partial charge in [-0.3, -0.25) is 4.79 Å². The predicted octanol–water partition coefficient (Wildman–Crippen LogP) is 2.29. The summed E-state index contributed by atoms with van der Waals surface area (Å²) < 4.78 is 0. The number of amides is 1. The molecule has 0 saturated heterocycles. The minimum absolute atomic E-state index is 0.0291. The van der Waals surface area contributed by atoms with Gasteiger partial charge in [0.25, 0.3) is 0 Å². The standard InChI is InChI=1S/C16H29N3OS/c1-5-19(10-14(20)18-16(2,3)4)15(21)17-13-9-11-6-7-12(13)8-11/h11-13H,5-10H2,1-4H3,(H,17,21)(H,18,20)/t11-,12-,13+/m1/s1. The number of carbonyl (C=O) groups is 1. The number of fused-ring (bicyclic) bond motifs is 2. The smallest absolute Gasteiger partial charge is 0.240 e. The van der Waals surface area contributed by atoms with Crippen LogP contribution in [0.3, 0.4) is 0 Å². The highest BCUT2D eigenvalue weighted by molar-refractivity contribution is 7.80. The molecule has 0 unspecified atom stereocenters. The highest BCUT2D eigenvalue weighted by Gasteiger charge is 2.40. The average molecular weight is 311 g/mol. The Morgan fingerprint density at radius 1 is 1.29 bits per heavy atom. The summed E-state index contributed by atoms with van der Waals surface area (Å²) in [6.07, 6.45) is 5.33. The molecule has 120 valence electrons. The first-order valence-electron chi connectivity index (χ1n) is 8.15. The summed E-state index contributed by atoms with van der Waals surface area (Å²) in [6.45, 7) is 9.11. The molecule has 2 N–H and O–H groups in total. The molecular formula is C16H29N3OS. The molecule has 21 heavy (non-hydrogen) atoms. The van der Waals surface area contributed by atoms with Gasteiger partial charge in [-0.25, -0.2) is 0 Å². The zero-order valence-electron chi connectivity index (χ0n) is 13.7. The number of likely N-dealkylation sites (N-methyl/N-ethyl adjacent to an activating group) is 1.